The van der Waals surface area contributed by atoms with Crippen molar-refractivity contribution in [2.45, 2.75) is 0 Å². The molecule has 0 N–H and O–H groups in total. The molecule has 0 amide bonds. The zero-order chi connectivity index (χ0) is 10.6. The SMILES string of the molecule is COC(=O)CN(C)c1ncccc1F. The molecule has 0 saturated heterocycles. The minimum Gasteiger partial charge on any atom is -0.468 e. The lowest BCUT2D eigenvalue weighted by molar-refractivity contribution is -0.138. The molecular formula is C9H11FN2O2. The van der Waals surface area contributed by atoms with E-state index in [9.17, 15) is 9.18 Å². The Bertz CT molecular complexity index is 330. The van der Waals surface area contributed by atoms with Gasteiger partial charge in [0.1, 0.15) is 6.54 Å². The monoisotopic (exact) mass is 198 g/mol. The summed E-state index contributed by atoms with van der Waals surface area (Å²) in [6.07, 6.45) is 1.46. The number of hydrogen-bond acceptors (Lipinski definition) is 4. The van der Waals surface area contributed by atoms with Crippen LogP contribution in [0.15, 0.2) is 18.3 Å². The number of esters is 1. The molecule has 1 heterocycles. The first-order valence-electron chi connectivity index (χ1n) is 4.03. The molecule has 76 valence electrons. The Morgan fingerprint density at radius 1 is 1.71 bits per heavy atom. The molecule has 0 atom stereocenters. The van der Waals surface area contributed by atoms with Gasteiger partial charge in [0, 0.05) is 13.2 Å². The van der Waals surface area contributed by atoms with Crippen molar-refractivity contribution < 1.29 is 13.9 Å². The molecule has 0 aliphatic rings. The van der Waals surface area contributed by atoms with Crippen molar-refractivity contribution in [1.29, 1.82) is 0 Å². The van der Waals surface area contributed by atoms with Gasteiger partial charge in [-0.2, -0.15) is 0 Å². The van der Waals surface area contributed by atoms with Crippen LogP contribution in [0.1, 0.15) is 0 Å². The summed E-state index contributed by atoms with van der Waals surface area (Å²) in [7, 11) is 2.85. The second kappa shape index (κ2) is 4.55. The van der Waals surface area contributed by atoms with Crippen molar-refractivity contribution >= 4 is 11.8 Å². The molecular weight excluding hydrogens is 187 g/mol. The Labute approximate surface area is 81.3 Å². The Balaban J connectivity index is 2.74. The molecule has 0 saturated carbocycles. The van der Waals surface area contributed by atoms with E-state index in [4.69, 9.17) is 0 Å². The van der Waals surface area contributed by atoms with E-state index in [0.717, 1.165) is 0 Å². The van der Waals surface area contributed by atoms with Crippen molar-refractivity contribution in [2.75, 3.05) is 25.6 Å². The first-order valence-corrected chi connectivity index (χ1v) is 4.03. The number of pyridine rings is 1. The third-order valence-corrected chi connectivity index (χ3v) is 1.69. The van der Waals surface area contributed by atoms with Crippen molar-refractivity contribution in [3.8, 4) is 0 Å². The Hall–Kier alpha value is -1.65. The molecule has 0 spiro atoms. The molecule has 1 rings (SSSR count). The number of halogens is 1. The second-order valence-electron chi connectivity index (χ2n) is 2.74. The average Bonchev–Trinajstić information content (AvgIpc) is 2.18. The van der Waals surface area contributed by atoms with Crippen molar-refractivity contribution in [1.82, 2.24) is 4.98 Å². The van der Waals surface area contributed by atoms with Gasteiger partial charge < -0.3 is 9.64 Å². The maximum absolute atomic E-state index is 13.1. The number of anilines is 1. The van der Waals surface area contributed by atoms with Gasteiger partial charge in [-0.15, -0.1) is 0 Å². The van der Waals surface area contributed by atoms with E-state index in [0.29, 0.717) is 0 Å². The Kier molecular flexibility index (Phi) is 3.39. The summed E-state index contributed by atoms with van der Waals surface area (Å²) in [5.41, 5.74) is 0. The minimum absolute atomic E-state index is 0.0234. The molecule has 1 aromatic rings. The van der Waals surface area contributed by atoms with Crippen LogP contribution < -0.4 is 4.90 Å². The average molecular weight is 198 g/mol. The Morgan fingerprint density at radius 2 is 2.43 bits per heavy atom. The van der Waals surface area contributed by atoms with Crippen LogP contribution in [0.25, 0.3) is 0 Å². The normalized spacial score (nSPS) is 9.64. The molecule has 0 fully saturated rings. The Morgan fingerprint density at radius 3 is 3.00 bits per heavy atom. The van der Waals surface area contributed by atoms with Gasteiger partial charge in [0.05, 0.1) is 7.11 Å². The summed E-state index contributed by atoms with van der Waals surface area (Å²) in [5, 5.41) is 0. The minimum atomic E-state index is -0.459. The third kappa shape index (κ3) is 2.42. The summed E-state index contributed by atoms with van der Waals surface area (Å²) in [6, 6.07) is 2.78. The molecule has 0 aromatic carbocycles. The number of ether oxygens (including phenoxy) is 1. The van der Waals surface area contributed by atoms with Crippen molar-refractivity contribution in [3.05, 3.63) is 24.1 Å². The number of nitrogens with zero attached hydrogens (tertiary/aromatic N) is 2. The number of carbonyl (C=O) groups excluding carboxylic acids is 1. The van der Waals surface area contributed by atoms with E-state index in [1.165, 1.54) is 30.3 Å². The van der Waals surface area contributed by atoms with Crippen LogP contribution in [-0.2, 0) is 9.53 Å². The molecule has 4 nitrogen and oxygen atoms in total. The standard InChI is InChI=1S/C9H11FN2O2/c1-12(6-8(13)14-2)9-7(10)4-3-5-11-9/h3-5H,6H2,1-2H3. The van der Waals surface area contributed by atoms with E-state index in [1.807, 2.05) is 0 Å². The number of likely N-dealkylation sites (N-methyl/N-ethyl adjacent to an activating group) is 1. The molecule has 0 radical (unpaired) electrons. The van der Waals surface area contributed by atoms with Gasteiger partial charge in [0.25, 0.3) is 0 Å². The first kappa shape index (κ1) is 10.4. The number of carbonyl (C=O) groups is 1. The highest BCUT2D eigenvalue weighted by molar-refractivity contribution is 5.74. The van der Waals surface area contributed by atoms with Crippen LogP contribution in [0, 0.1) is 5.82 Å². The molecule has 0 aliphatic heterocycles. The predicted octanol–water partition coefficient (Wildman–Crippen LogP) is 0.830. The summed E-state index contributed by atoms with van der Waals surface area (Å²) >= 11 is 0. The molecule has 0 bridgehead atoms. The lowest BCUT2D eigenvalue weighted by atomic mass is 10.4. The highest BCUT2D eigenvalue weighted by Crippen LogP contribution is 2.12. The van der Waals surface area contributed by atoms with Gasteiger partial charge in [0.15, 0.2) is 11.6 Å². The number of aromatic nitrogens is 1. The highest BCUT2D eigenvalue weighted by Gasteiger charge is 2.11. The second-order valence-corrected chi connectivity index (χ2v) is 2.74. The van der Waals surface area contributed by atoms with Crippen molar-refractivity contribution in [2.24, 2.45) is 0 Å². The quantitative estimate of drug-likeness (QED) is 0.675. The number of methoxy groups -OCH3 is 1. The maximum Gasteiger partial charge on any atom is 0.325 e. The van der Waals surface area contributed by atoms with Gasteiger partial charge in [-0.25, -0.2) is 9.37 Å². The third-order valence-electron chi connectivity index (χ3n) is 1.69. The molecule has 5 heteroatoms. The van der Waals surface area contributed by atoms with Crippen LogP contribution in [0.4, 0.5) is 10.2 Å². The van der Waals surface area contributed by atoms with Gasteiger partial charge in [-0.1, -0.05) is 0 Å². The lowest BCUT2D eigenvalue weighted by Gasteiger charge is -2.16. The summed E-state index contributed by atoms with van der Waals surface area (Å²) in [5.74, 6) is -0.755. The fraction of sp³-hybridized carbons (Fsp3) is 0.333. The maximum atomic E-state index is 13.1. The first-order chi connectivity index (χ1) is 6.65. The number of hydrogen-bond donors (Lipinski definition) is 0. The largest absolute Gasteiger partial charge is 0.468 e. The zero-order valence-corrected chi connectivity index (χ0v) is 8.03. The van der Waals surface area contributed by atoms with E-state index in [2.05, 4.69) is 9.72 Å². The summed E-state index contributed by atoms with van der Waals surface area (Å²) in [4.78, 5) is 16.1. The molecule has 0 unspecified atom stereocenters. The van der Waals surface area contributed by atoms with Gasteiger partial charge in [0.2, 0.25) is 0 Å². The lowest BCUT2D eigenvalue weighted by Crippen LogP contribution is -2.27. The fourth-order valence-corrected chi connectivity index (χ4v) is 0.991. The van der Waals surface area contributed by atoms with Gasteiger partial charge in [-0.05, 0) is 12.1 Å². The molecule has 14 heavy (non-hydrogen) atoms. The van der Waals surface area contributed by atoms with E-state index < -0.39 is 11.8 Å². The van der Waals surface area contributed by atoms with Crippen LogP contribution in [0.3, 0.4) is 0 Å². The van der Waals surface area contributed by atoms with E-state index in [-0.39, 0.29) is 12.4 Å². The smallest absolute Gasteiger partial charge is 0.325 e. The highest BCUT2D eigenvalue weighted by atomic mass is 19.1. The van der Waals surface area contributed by atoms with Gasteiger partial charge >= 0.3 is 5.97 Å². The van der Waals surface area contributed by atoms with E-state index >= 15 is 0 Å². The van der Waals surface area contributed by atoms with Gasteiger partial charge in [-0.3, -0.25) is 4.79 Å². The van der Waals surface area contributed by atoms with Crippen molar-refractivity contribution in [3.63, 3.8) is 0 Å². The van der Waals surface area contributed by atoms with E-state index in [1.54, 1.807) is 7.05 Å². The molecule has 0 aliphatic carbocycles. The van der Waals surface area contributed by atoms with Crippen LogP contribution in [0.2, 0.25) is 0 Å². The van der Waals surface area contributed by atoms with Crippen LogP contribution in [-0.4, -0.2) is 31.7 Å². The number of rotatable bonds is 3. The van der Waals surface area contributed by atoms with Crippen LogP contribution >= 0.6 is 0 Å². The fourth-order valence-electron chi connectivity index (χ4n) is 0.991. The summed E-state index contributed by atoms with van der Waals surface area (Å²) in [6.45, 7) is -0.0234. The van der Waals surface area contributed by atoms with Crippen LogP contribution in [0.5, 0.6) is 0 Å². The topological polar surface area (TPSA) is 42.4 Å². The zero-order valence-electron chi connectivity index (χ0n) is 8.03. The predicted molar refractivity (Wildman–Crippen MR) is 49.5 cm³/mol. The molecule has 1 aromatic heterocycles. The summed E-state index contributed by atoms with van der Waals surface area (Å²) < 4.78 is 17.6.